The van der Waals surface area contributed by atoms with Crippen molar-refractivity contribution >= 4 is 6.03 Å². The van der Waals surface area contributed by atoms with Crippen LogP contribution in [0.15, 0.2) is 0 Å². The van der Waals surface area contributed by atoms with Crippen molar-refractivity contribution in [1.82, 2.24) is 10.6 Å². The van der Waals surface area contributed by atoms with Crippen molar-refractivity contribution in [3.8, 4) is 0 Å². The van der Waals surface area contributed by atoms with Gasteiger partial charge in [-0.05, 0) is 49.4 Å². The van der Waals surface area contributed by atoms with E-state index in [4.69, 9.17) is 5.11 Å². The zero-order valence-corrected chi connectivity index (χ0v) is 12.6. The lowest BCUT2D eigenvalue weighted by Crippen LogP contribution is -2.51. The zero-order chi connectivity index (χ0) is 14.3. The van der Waals surface area contributed by atoms with E-state index in [0.717, 1.165) is 12.3 Å². The molecule has 2 aliphatic carbocycles. The summed E-state index contributed by atoms with van der Waals surface area (Å²) >= 11 is 0. The largest absolute Gasteiger partial charge is 0.396 e. The van der Waals surface area contributed by atoms with Gasteiger partial charge in [-0.1, -0.05) is 20.8 Å². The van der Waals surface area contributed by atoms with Crippen LogP contribution in [0, 0.1) is 16.7 Å². The Morgan fingerprint density at radius 2 is 2.11 bits per heavy atom. The number of urea groups is 1. The molecule has 3 N–H and O–H groups in total. The number of fused-ring (bicyclic) bond motifs is 2. The lowest BCUT2D eigenvalue weighted by molar-refractivity contribution is 0.123. The lowest BCUT2D eigenvalue weighted by Gasteiger charge is -2.39. The minimum absolute atomic E-state index is 0.0180. The number of nitrogens with one attached hydrogen (secondary N) is 2. The van der Waals surface area contributed by atoms with Crippen LogP contribution in [0.5, 0.6) is 0 Å². The number of hydrogen-bond donors (Lipinski definition) is 3. The van der Waals surface area contributed by atoms with Gasteiger partial charge in [0.25, 0.3) is 0 Å². The van der Waals surface area contributed by atoms with Gasteiger partial charge in [0.2, 0.25) is 0 Å². The summed E-state index contributed by atoms with van der Waals surface area (Å²) in [7, 11) is 0. The minimum Gasteiger partial charge on any atom is -0.396 e. The maximum Gasteiger partial charge on any atom is 0.315 e. The first kappa shape index (κ1) is 14.6. The van der Waals surface area contributed by atoms with Crippen LogP contribution in [-0.2, 0) is 0 Å². The number of aliphatic hydroxyl groups excluding tert-OH is 1. The van der Waals surface area contributed by atoms with E-state index in [2.05, 4.69) is 31.4 Å². The highest BCUT2D eigenvalue weighted by Gasteiger charge is 2.61. The van der Waals surface area contributed by atoms with Gasteiger partial charge in [-0.15, -0.1) is 0 Å². The van der Waals surface area contributed by atoms with Crippen molar-refractivity contribution in [3.63, 3.8) is 0 Å². The SMILES string of the molecule is C[C@H](CCO)NC(=O)NC1CC2CCC1(C)C2(C)C. The third-order valence-corrected chi connectivity index (χ3v) is 6.04. The van der Waals surface area contributed by atoms with Gasteiger partial charge in [0.1, 0.15) is 0 Å². The molecule has 4 nitrogen and oxygen atoms in total. The Kier molecular flexibility index (Phi) is 3.83. The first-order valence-electron chi connectivity index (χ1n) is 7.49. The molecule has 2 amide bonds. The summed E-state index contributed by atoms with van der Waals surface area (Å²) in [4.78, 5) is 12.0. The van der Waals surface area contributed by atoms with Crippen molar-refractivity contribution in [3.05, 3.63) is 0 Å². The number of amides is 2. The summed E-state index contributed by atoms with van der Waals surface area (Å²) in [6.45, 7) is 9.04. The molecule has 0 aromatic heterocycles. The van der Waals surface area contributed by atoms with E-state index in [9.17, 15) is 4.79 Å². The molecule has 19 heavy (non-hydrogen) atoms. The third kappa shape index (κ3) is 2.35. The minimum atomic E-state index is -0.0875. The maximum atomic E-state index is 12.0. The summed E-state index contributed by atoms with van der Waals surface area (Å²) in [6, 6.07) is 0.211. The number of rotatable bonds is 4. The first-order chi connectivity index (χ1) is 8.81. The summed E-state index contributed by atoms with van der Waals surface area (Å²) in [5.41, 5.74) is 0.539. The molecule has 2 fully saturated rings. The fraction of sp³-hybridized carbons (Fsp3) is 0.933. The average Bonchev–Trinajstić information content (AvgIpc) is 2.62. The van der Waals surface area contributed by atoms with Gasteiger partial charge in [0.15, 0.2) is 0 Å². The molecule has 0 spiro atoms. The topological polar surface area (TPSA) is 61.4 Å². The Labute approximate surface area is 116 Å². The van der Waals surface area contributed by atoms with Gasteiger partial charge in [0.05, 0.1) is 0 Å². The van der Waals surface area contributed by atoms with Gasteiger partial charge >= 0.3 is 6.03 Å². The molecule has 0 radical (unpaired) electrons. The van der Waals surface area contributed by atoms with E-state index in [1.165, 1.54) is 12.8 Å². The molecule has 2 bridgehead atoms. The van der Waals surface area contributed by atoms with E-state index in [0.29, 0.717) is 11.8 Å². The molecule has 2 rings (SSSR count). The van der Waals surface area contributed by atoms with Gasteiger partial charge in [-0.3, -0.25) is 0 Å². The summed E-state index contributed by atoms with van der Waals surface area (Å²) < 4.78 is 0. The molecular weight excluding hydrogens is 240 g/mol. The number of carbonyl (C=O) groups excluding carboxylic acids is 1. The molecule has 0 aliphatic heterocycles. The van der Waals surface area contributed by atoms with Crippen LogP contribution >= 0.6 is 0 Å². The summed E-state index contributed by atoms with van der Waals surface area (Å²) in [5, 5.41) is 14.9. The monoisotopic (exact) mass is 268 g/mol. The van der Waals surface area contributed by atoms with E-state index in [1.54, 1.807) is 0 Å². The molecule has 3 unspecified atom stereocenters. The Morgan fingerprint density at radius 1 is 1.42 bits per heavy atom. The molecule has 2 aliphatic rings. The molecular formula is C15H28N2O2. The molecule has 0 heterocycles. The molecule has 4 heteroatoms. The van der Waals surface area contributed by atoms with Crippen molar-refractivity contribution < 1.29 is 9.90 Å². The molecule has 0 saturated heterocycles. The maximum absolute atomic E-state index is 12.0. The molecule has 0 aromatic carbocycles. The summed E-state index contributed by atoms with van der Waals surface area (Å²) in [6.07, 6.45) is 4.21. The van der Waals surface area contributed by atoms with E-state index in [1.807, 2.05) is 6.92 Å². The standard InChI is InChI=1S/C15H28N2O2/c1-10(6-8-18)16-13(19)17-12-9-11-5-7-15(12,4)14(11,2)3/h10-12,18H,5-9H2,1-4H3,(H2,16,17,19)/t10-,11?,12?,15?/m1/s1. The van der Waals surface area contributed by atoms with Crippen molar-refractivity contribution in [2.24, 2.45) is 16.7 Å². The second kappa shape index (κ2) is 4.97. The van der Waals surface area contributed by atoms with E-state index in [-0.39, 0.29) is 30.1 Å². The van der Waals surface area contributed by atoms with Crippen LogP contribution in [0.4, 0.5) is 4.79 Å². The highest BCUT2D eigenvalue weighted by Crippen LogP contribution is 2.65. The Morgan fingerprint density at radius 3 is 2.58 bits per heavy atom. The Balaban J connectivity index is 1.93. The molecule has 2 saturated carbocycles. The van der Waals surface area contributed by atoms with Crippen LogP contribution in [0.3, 0.4) is 0 Å². The Bertz CT molecular complexity index is 356. The van der Waals surface area contributed by atoms with Crippen LogP contribution in [-0.4, -0.2) is 29.8 Å². The van der Waals surface area contributed by atoms with Crippen LogP contribution in [0.2, 0.25) is 0 Å². The quantitative estimate of drug-likeness (QED) is 0.732. The number of carbonyl (C=O) groups is 1. The fourth-order valence-electron chi connectivity index (χ4n) is 4.11. The summed E-state index contributed by atoms with van der Waals surface area (Å²) in [5.74, 6) is 0.734. The van der Waals surface area contributed by atoms with Gasteiger partial charge < -0.3 is 15.7 Å². The lowest BCUT2D eigenvalue weighted by atomic mass is 9.69. The second-order valence-electron chi connectivity index (χ2n) is 7.19. The van der Waals surface area contributed by atoms with Crippen LogP contribution < -0.4 is 10.6 Å². The predicted octanol–water partition coefficient (Wildman–Crippen LogP) is 2.27. The first-order valence-corrected chi connectivity index (χ1v) is 7.49. The highest BCUT2D eigenvalue weighted by molar-refractivity contribution is 5.74. The molecule has 4 atom stereocenters. The van der Waals surface area contributed by atoms with Crippen molar-refractivity contribution in [1.29, 1.82) is 0 Å². The predicted molar refractivity (Wildman–Crippen MR) is 75.8 cm³/mol. The van der Waals surface area contributed by atoms with Crippen LogP contribution in [0.1, 0.15) is 53.4 Å². The van der Waals surface area contributed by atoms with Crippen LogP contribution in [0.25, 0.3) is 0 Å². The number of aliphatic hydroxyl groups is 1. The fourth-order valence-corrected chi connectivity index (χ4v) is 4.11. The normalized spacial score (nSPS) is 37.1. The van der Waals surface area contributed by atoms with E-state index < -0.39 is 0 Å². The average molecular weight is 268 g/mol. The Hall–Kier alpha value is -0.770. The molecule has 0 aromatic rings. The smallest absolute Gasteiger partial charge is 0.315 e. The van der Waals surface area contributed by atoms with Gasteiger partial charge in [0, 0.05) is 18.7 Å². The van der Waals surface area contributed by atoms with Gasteiger partial charge in [-0.25, -0.2) is 4.79 Å². The molecule has 110 valence electrons. The van der Waals surface area contributed by atoms with Crippen molar-refractivity contribution in [2.45, 2.75) is 65.5 Å². The van der Waals surface area contributed by atoms with Crippen molar-refractivity contribution in [2.75, 3.05) is 6.61 Å². The highest BCUT2D eigenvalue weighted by atomic mass is 16.3. The second-order valence-corrected chi connectivity index (χ2v) is 7.19. The zero-order valence-electron chi connectivity index (χ0n) is 12.6. The van der Waals surface area contributed by atoms with Gasteiger partial charge in [-0.2, -0.15) is 0 Å². The number of hydrogen-bond acceptors (Lipinski definition) is 2. The third-order valence-electron chi connectivity index (χ3n) is 6.04. The van der Waals surface area contributed by atoms with E-state index >= 15 is 0 Å².